The molecule has 10 heteroatoms. The predicted octanol–water partition coefficient (Wildman–Crippen LogP) is 4.31. The van der Waals surface area contributed by atoms with Gasteiger partial charge in [0, 0.05) is 23.6 Å². The van der Waals surface area contributed by atoms with E-state index in [0.29, 0.717) is 18.0 Å². The molecule has 0 bridgehead atoms. The van der Waals surface area contributed by atoms with Gasteiger partial charge in [-0.25, -0.2) is 13.1 Å². The second kappa shape index (κ2) is 11.2. The molecule has 0 saturated heterocycles. The molecule has 3 aromatic carbocycles. The van der Waals surface area contributed by atoms with Gasteiger partial charge < -0.3 is 19.9 Å². The van der Waals surface area contributed by atoms with Gasteiger partial charge in [0.25, 0.3) is 15.9 Å². The van der Waals surface area contributed by atoms with Crippen molar-refractivity contribution in [2.24, 2.45) is 0 Å². The Morgan fingerprint density at radius 1 is 1.08 bits per heavy atom. The van der Waals surface area contributed by atoms with E-state index in [2.05, 4.69) is 19.9 Å². The van der Waals surface area contributed by atoms with Gasteiger partial charge in [-0.15, -0.1) is 0 Å². The molecule has 0 saturated carbocycles. The molecule has 0 aliphatic carbocycles. The summed E-state index contributed by atoms with van der Waals surface area (Å²) in [6, 6.07) is 19.9. The number of nitrogens with one attached hydrogen (secondary N) is 3. The highest BCUT2D eigenvalue weighted by Gasteiger charge is 2.22. The fraction of sp³-hybridized carbons (Fsp3) is 0.185. The lowest BCUT2D eigenvalue weighted by molar-refractivity contribution is 0.0979. The Bertz CT molecular complexity index is 1570. The number of carbonyl (C=O) groups excluding carboxylic acids is 1. The van der Waals surface area contributed by atoms with E-state index in [4.69, 9.17) is 4.74 Å². The number of sulfonamides is 1. The number of H-pyrrole nitrogens is 1. The Morgan fingerprint density at radius 3 is 2.68 bits per heavy atom. The average molecular weight is 518 g/mol. The van der Waals surface area contributed by atoms with Gasteiger partial charge in [-0.2, -0.15) is 5.26 Å². The van der Waals surface area contributed by atoms with Gasteiger partial charge in [0.05, 0.1) is 21.7 Å². The predicted molar refractivity (Wildman–Crippen MR) is 142 cm³/mol. The number of para-hydroxylation sites is 1. The van der Waals surface area contributed by atoms with Crippen molar-refractivity contribution in [2.75, 3.05) is 32.5 Å². The smallest absolute Gasteiger partial charge is 0.268 e. The zero-order valence-corrected chi connectivity index (χ0v) is 21.3. The fourth-order valence-corrected chi connectivity index (χ4v) is 4.75. The number of hydrogen-bond acceptors (Lipinski definition) is 7. The van der Waals surface area contributed by atoms with Crippen LogP contribution in [0.3, 0.4) is 0 Å². The minimum atomic E-state index is -4.25. The summed E-state index contributed by atoms with van der Waals surface area (Å²) in [4.78, 5) is 18.0. The minimum Gasteiger partial charge on any atom is -0.457 e. The van der Waals surface area contributed by atoms with Gasteiger partial charge in [0.1, 0.15) is 17.6 Å². The van der Waals surface area contributed by atoms with Crippen LogP contribution in [0.4, 0.5) is 5.69 Å². The summed E-state index contributed by atoms with van der Waals surface area (Å²) in [5.41, 5.74) is 1.70. The highest BCUT2D eigenvalue weighted by atomic mass is 32.2. The maximum absolute atomic E-state index is 13.0. The quantitative estimate of drug-likeness (QED) is 0.267. The molecule has 0 fully saturated rings. The van der Waals surface area contributed by atoms with Crippen LogP contribution in [0.1, 0.15) is 22.3 Å². The zero-order chi connectivity index (χ0) is 26.4. The summed E-state index contributed by atoms with van der Waals surface area (Å²) < 4.78 is 34.0. The lowest BCUT2D eigenvalue weighted by Gasteiger charge is -2.14. The van der Waals surface area contributed by atoms with Crippen LogP contribution >= 0.6 is 0 Å². The number of ether oxygens (including phenoxy) is 1. The minimum absolute atomic E-state index is 0.0555. The number of amides is 1. The van der Waals surface area contributed by atoms with Crippen molar-refractivity contribution in [3.8, 4) is 17.6 Å². The van der Waals surface area contributed by atoms with Gasteiger partial charge in [0.15, 0.2) is 0 Å². The third-order valence-corrected chi connectivity index (χ3v) is 6.96. The molecule has 1 aromatic heterocycles. The number of fused-ring (bicyclic) bond motifs is 1. The first-order valence-corrected chi connectivity index (χ1v) is 13.1. The Kier molecular flexibility index (Phi) is 7.77. The van der Waals surface area contributed by atoms with E-state index in [0.717, 1.165) is 23.9 Å². The number of rotatable bonds is 10. The first kappa shape index (κ1) is 25.8. The van der Waals surface area contributed by atoms with Crippen molar-refractivity contribution in [3.63, 3.8) is 0 Å². The molecule has 190 valence electrons. The van der Waals surface area contributed by atoms with Crippen LogP contribution in [-0.4, -0.2) is 51.4 Å². The summed E-state index contributed by atoms with van der Waals surface area (Å²) >= 11 is 0. The SMILES string of the molecule is CN(C)CCCNc1ccc(S(=O)(=O)NC(=O)c2ccccc2Oc2ccc3[nH]ccc3c2)cc1C#N. The number of aromatic amines is 1. The first-order valence-electron chi connectivity index (χ1n) is 11.6. The zero-order valence-electron chi connectivity index (χ0n) is 20.5. The molecular formula is C27H27N5O4S. The molecule has 0 aliphatic heterocycles. The summed E-state index contributed by atoms with van der Waals surface area (Å²) in [6.07, 6.45) is 2.67. The molecule has 1 amide bonds. The van der Waals surface area contributed by atoms with E-state index in [1.165, 1.54) is 24.3 Å². The average Bonchev–Trinajstić information content (AvgIpc) is 3.34. The van der Waals surface area contributed by atoms with Crippen molar-refractivity contribution in [1.82, 2.24) is 14.6 Å². The summed E-state index contributed by atoms with van der Waals surface area (Å²) in [6.45, 7) is 1.50. The number of anilines is 1. The van der Waals surface area contributed by atoms with Crippen molar-refractivity contribution in [2.45, 2.75) is 11.3 Å². The maximum Gasteiger partial charge on any atom is 0.268 e. The molecule has 3 N–H and O–H groups in total. The van der Waals surface area contributed by atoms with Crippen molar-refractivity contribution >= 4 is 32.5 Å². The van der Waals surface area contributed by atoms with E-state index in [1.807, 2.05) is 44.6 Å². The molecule has 0 atom stereocenters. The van der Waals surface area contributed by atoms with E-state index in [9.17, 15) is 18.5 Å². The highest BCUT2D eigenvalue weighted by Crippen LogP contribution is 2.28. The number of hydrogen-bond donors (Lipinski definition) is 3. The maximum atomic E-state index is 13.0. The second-order valence-corrected chi connectivity index (χ2v) is 10.3. The van der Waals surface area contributed by atoms with Gasteiger partial charge >= 0.3 is 0 Å². The van der Waals surface area contributed by atoms with Crippen LogP contribution < -0.4 is 14.8 Å². The van der Waals surface area contributed by atoms with Gasteiger partial charge in [-0.1, -0.05) is 12.1 Å². The van der Waals surface area contributed by atoms with Crippen molar-refractivity contribution < 1.29 is 17.9 Å². The second-order valence-electron chi connectivity index (χ2n) is 8.66. The molecule has 0 spiro atoms. The molecular weight excluding hydrogens is 490 g/mol. The van der Waals surface area contributed by atoms with Crippen LogP contribution in [0, 0.1) is 11.3 Å². The van der Waals surface area contributed by atoms with E-state index >= 15 is 0 Å². The molecule has 4 rings (SSSR count). The Hall–Kier alpha value is -4.33. The van der Waals surface area contributed by atoms with Gasteiger partial charge in [-0.3, -0.25) is 4.79 Å². The highest BCUT2D eigenvalue weighted by molar-refractivity contribution is 7.90. The topological polar surface area (TPSA) is 127 Å². The van der Waals surface area contributed by atoms with Crippen LogP contribution in [0.25, 0.3) is 10.9 Å². The molecule has 0 unspecified atom stereocenters. The van der Waals surface area contributed by atoms with Crippen LogP contribution in [0.15, 0.2) is 77.8 Å². The molecule has 4 aromatic rings. The van der Waals surface area contributed by atoms with Gasteiger partial charge in [-0.05, 0) is 81.7 Å². The summed E-state index contributed by atoms with van der Waals surface area (Å²) in [5, 5.41) is 13.6. The van der Waals surface area contributed by atoms with Crippen LogP contribution in [0.2, 0.25) is 0 Å². The standard InChI is InChI=1S/C27H27N5O4S/c1-32(2)15-5-13-29-25-11-9-22(17-20(25)18-28)37(34,35)31-27(33)23-6-3-4-7-26(23)36-21-8-10-24-19(16-21)12-14-30-24/h3-4,6-12,14,16-17,29-30H,5,13,15H2,1-2H3,(H,31,33). The normalized spacial score (nSPS) is 11.3. The molecule has 0 radical (unpaired) electrons. The third kappa shape index (κ3) is 6.27. The summed E-state index contributed by atoms with van der Waals surface area (Å²) in [5.74, 6) is -0.134. The van der Waals surface area contributed by atoms with Crippen LogP contribution in [-0.2, 0) is 10.0 Å². The molecule has 0 aliphatic rings. The fourth-order valence-electron chi connectivity index (χ4n) is 3.76. The number of carbonyl (C=O) groups is 1. The van der Waals surface area contributed by atoms with Crippen molar-refractivity contribution in [1.29, 1.82) is 5.26 Å². The van der Waals surface area contributed by atoms with Crippen molar-refractivity contribution in [3.05, 3.63) is 84.1 Å². The van der Waals surface area contributed by atoms with Crippen LogP contribution in [0.5, 0.6) is 11.5 Å². The number of nitriles is 1. The number of nitrogens with zero attached hydrogens (tertiary/aromatic N) is 2. The largest absolute Gasteiger partial charge is 0.457 e. The van der Waals surface area contributed by atoms with E-state index in [-0.39, 0.29) is 21.8 Å². The third-order valence-electron chi connectivity index (χ3n) is 5.63. The molecule has 1 heterocycles. The monoisotopic (exact) mass is 517 g/mol. The van der Waals surface area contributed by atoms with Gasteiger partial charge in [0.2, 0.25) is 0 Å². The summed E-state index contributed by atoms with van der Waals surface area (Å²) in [7, 11) is -0.302. The van der Waals surface area contributed by atoms with E-state index < -0.39 is 15.9 Å². The lowest BCUT2D eigenvalue weighted by Crippen LogP contribution is -2.31. The number of benzene rings is 3. The molecule has 37 heavy (non-hydrogen) atoms. The number of aromatic nitrogens is 1. The Labute approximate surface area is 215 Å². The van der Waals surface area contributed by atoms with E-state index in [1.54, 1.807) is 24.3 Å². The first-order chi connectivity index (χ1) is 17.8. The lowest BCUT2D eigenvalue weighted by atomic mass is 10.2. The Balaban J connectivity index is 1.50. The Morgan fingerprint density at radius 2 is 1.89 bits per heavy atom. The molecule has 9 nitrogen and oxygen atoms in total.